The zero-order valence-corrected chi connectivity index (χ0v) is 10.3. The molecule has 4 heterocycles. The van der Waals surface area contributed by atoms with Crippen molar-refractivity contribution in [2.75, 3.05) is 18.0 Å². The van der Waals surface area contributed by atoms with Gasteiger partial charge in [0.25, 0.3) is 0 Å². The number of thiophene rings is 1. The maximum absolute atomic E-state index is 4.39. The topological polar surface area (TPSA) is 59.7 Å². The van der Waals surface area contributed by atoms with E-state index in [4.69, 9.17) is 0 Å². The van der Waals surface area contributed by atoms with Crippen LogP contribution in [-0.4, -0.2) is 37.8 Å². The molecule has 3 aromatic heterocycles. The van der Waals surface area contributed by atoms with E-state index in [9.17, 15) is 0 Å². The highest BCUT2D eigenvalue weighted by Gasteiger charge is 2.30. The molecule has 0 unspecified atom stereocenters. The summed E-state index contributed by atoms with van der Waals surface area (Å²) in [4.78, 5) is 15.9. The molecule has 0 radical (unpaired) electrons. The Morgan fingerprint density at radius 3 is 3.00 bits per heavy atom. The van der Waals surface area contributed by atoms with Crippen LogP contribution in [0.4, 0.5) is 5.82 Å². The minimum atomic E-state index is 0.399. The summed E-state index contributed by atoms with van der Waals surface area (Å²) in [5, 5.41) is 7.36. The molecule has 4 rings (SSSR count). The largest absolute Gasteiger partial charge is 0.352 e. The van der Waals surface area contributed by atoms with Crippen LogP contribution >= 0.6 is 11.3 Å². The Bertz CT molecular complexity index is 670. The lowest BCUT2D eigenvalue weighted by Gasteiger charge is -2.39. The second-order valence-electron chi connectivity index (χ2n) is 4.27. The van der Waals surface area contributed by atoms with Gasteiger partial charge < -0.3 is 4.90 Å². The Labute approximate surface area is 107 Å². The van der Waals surface area contributed by atoms with Gasteiger partial charge in [-0.05, 0) is 11.4 Å². The van der Waals surface area contributed by atoms with Crippen LogP contribution in [0.2, 0.25) is 0 Å². The Morgan fingerprint density at radius 2 is 2.17 bits per heavy atom. The van der Waals surface area contributed by atoms with Crippen molar-refractivity contribution < 1.29 is 0 Å². The molecule has 7 heteroatoms. The number of aromatic nitrogens is 5. The van der Waals surface area contributed by atoms with Crippen molar-refractivity contribution in [2.24, 2.45) is 0 Å². The van der Waals surface area contributed by atoms with E-state index in [-0.39, 0.29) is 0 Å². The molecular formula is C11H10N6S. The lowest BCUT2D eigenvalue weighted by atomic mass is 10.1. The quantitative estimate of drug-likeness (QED) is 0.694. The predicted molar refractivity (Wildman–Crippen MR) is 68.7 cm³/mol. The molecule has 90 valence electrons. The highest BCUT2D eigenvalue weighted by Crippen LogP contribution is 2.32. The summed E-state index contributed by atoms with van der Waals surface area (Å²) in [5.74, 6) is 1.03. The van der Waals surface area contributed by atoms with Gasteiger partial charge in [-0.1, -0.05) is 0 Å². The molecular weight excluding hydrogens is 248 g/mol. The van der Waals surface area contributed by atoms with Gasteiger partial charge in [-0.25, -0.2) is 19.6 Å². The monoisotopic (exact) mass is 258 g/mol. The molecule has 0 saturated carbocycles. The van der Waals surface area contributed by atoms with E-state index in [2.05, 4.69) is 36.4 Å². The van der Waals surface area contributed by atoms with Crippen molar-refractivity contribution in [3.8, 4) is 0 Å². The van der Waals surface area contributed by atoms with Crippen LogP contribution in [0.5, 0.6) is 0 Å². The lowest BCUT2D eigenvalue weighted by molar-refractivity contribution is 0.366. The number of nitrogens with zero attached hydrogens (tertiary/aromatic N) is 6. The molecule has 18 heavy (non-hydrogen) atoms. The fourth-order valence-electron chi connectivity index (χ4n) is 2.23. The van der Waals surface area contributed by atoms with Crippen LogP contribution in [0.15, 0.2) is 30.4 Å². The number of hydrogen-bond acceptors (Lipinski definition) is 6. The van der Waals surface area contributed by atoms with E-state index >= 15 is 0 Å². The van der Waals surface area contributed by atoms with E-state index in [1.807, 2.05) is 4.68 Å². The average Bonchev–Trinajstić information content (AvgIpc) is 2.97. The van der Waals surface area contributed by atoms with Crippen molar-refractivity contribution >= 4 is 27.4 Å². The summed E-state index contributed by atoms with van der Waals surface area (Å²) in [7, 11) is 0. The van der Waals surface area contributed by atoms with Gasteiger partial charge in [0.15, 0.2) is 0 Å². The maximum Gasteiger partial charge on any atom is 0.140 e. The highest BCUT2D eigenvalue weighted by atomic mass is 32.1. The minimum Gasteiger partial charge on any atom is -0.352 e. The molecule has 0 bridgehead atoms. The van der Waals surface area contributed by atoms with Crippen LogP contribution in [0.25, 0.3) is 10.2 Å². The van der Waals surface area contributed by atoms with E-state index < -0.39 is 0 Å². The molecule has 1 aliphatic heterocycles. The Balaban J connectivity index is 1.61. The predicted octanol–water partition coefficient (Wildman–Crippen LogP) is 1.34. The van der Waals surface area contributed by atoms with Crippen molar-refractivity contribution in [2.45, 2.75) is 6.04 Å². The number of hydrogen-bond donors (Lipinski definition) is 0. The molecule has 6 nitrogen and oxygen atoms in total. The van der Waals surface area contributed by atoms with Crippen LogP contribution in [0.3, 0.4) is 0 Å². The third-order valence-corrected chi connectivity index (χ3v) is 4.03. The fourth-order valence-corrected chi connectivity index (χ4v) is 2.96. The SMILES string of the molecule is c1nc(N2CC(n3cncn3)C2)c2ccsc2n1. The summed E-state index contributed by atoms with van der Waals surface area (Å²) in [5.41, 5.74) is 0. The van der Waals surface area contributed by atoms with Gasteiger partial charge in [-0.3, -0.25) is 0 Å². The maximum atomic E-state index is 4.39. The molecule has 0 N–H and O–H groups in total. The molecule has 1 saturated heterocycles. The van der Waals surface area contributed by atoms with Gasteiger partial charge in [0.2, 0.25) is 0 Å². The van der Waals surface area contributed by atoms with Gasteiger partial charge in [0, 0.05) is 13.1 Å². The standard InChI is InChI=1S/C11H10N6S/c1-2-18-11-9(1)10(13-6-14-11)16-3-8(4-16)17-7-12-5-15-17/h1-2,5-8H,3-4H2. The van der Waals surface area contributed by atoms with Crippen LogP contribution in [-0.2, 0) is 0 Å². The smallest absolute Gasteiger partial charge is 0.140 e. The first-order chi connectivity index (χ1) is 8.92. The van der Waals surface area contributed by atoms with Gasteiger partial charge in [0.05, 0.1) is 11.4 Å². The highest BCUT2D eigenvalue weighted by molar-refractivity contribution is 7.16. The van der Waals surface area contributed by atoms with E-state index in [0.29, 0.717) is 6.04 Å². The third kappa shape index (κ3) is 1.40. The number of anilines is 1. The molecule has 1 aliphatic rings. The normalized spacial score (nSPS) is 16.1. The van der Waals surface area contributed by atoms with Gasteiger partial charge in [0.1, 0.15) is 29.6 Å². The first-order valence-electron chi connectivity index (χ1n) is 5.69. The van der Waals surface area contributed by atoms with Crippen molar-refractivity contribution in [3.63, 3.8) is 0 Å². The molecule has 0 aliphatic carbocycles. The Morgan fingerprint density at radius 1 is 1.22 bits per heavy atom. The summed E-state index contributed by atoms with van der Waals surface area (Å²) in [6.45, 7) is 1.84. The van der Waals surface area contributed by atoms with Crippen LogP contribution in [0, 0.1) is 0 Å². The summed E-state index contributed by atoms with van der Waals surface area (Å²) < 4.78 is 1.91. The Kier molecular flexibility index (Phi) is 2.07. The van der Waals surface area contributed by atoms with Crippen molar-refractivity contribution in [3.05, 3.63) is 30.4 Å². The zero-order valence-electron chi connectivity index (χ0n) is 9.47. The van der Waals surface area contributed by atoms with Gasteiger partial charge in [-0.15, -0.1) is 11.3 Å². The van der Waals surface area contributed by atoms with Crippen LogP contribution in [0.1, 0.15) is 6.04 Å². The fraction of sp³-hybridized carbons (Fsp3) is 0.273. The molecule has 1 fully saturated rings. The molecule has 0 aromatic carbocycles. The summed E-state index contributed by atoms with van der Waals surface area (Å²) in [6.07, 6.45) is 4.98. The summed E-state index contributed by atoms with van der Waals surface area (Å²) >= 11 is 1.65. The first kappa shape index (κ1) is 9.95. The van der Waals surface area contributed by atoms with Gasteiger partial charge >= 0.3 is 0 Å². The molecule has 0 amide bonds. The van der Waals surface area contributed by atoms with E-state index in [0.717, 1.165) is 29.1 Å². The molecule has 3 aromatic rings. The number of rotatable bonds is 2. The van der Waals surface area contributed by atoms with Crippen LogP contribution < -0.4 is 4.90 Å². The second-order valence-corrected chi connectivity index (χ2v) is 5.17. The minimum absolute atomic E-state index is 0.399. The van der Waals surface area contributed by atoms with Crippen molar-refractivity contribution in [1.29, 1.82) is 0 Å². The van der Waals surface area contributed by atoms with E-state index in [1.165, 1.54) is 0 Å². The molecule has 0 atom stereocenters. The average molecular weight is 258 g/mol. The summed E-state index contributed by atoms with van der Waals surface area (Å²) in [6, 6.07) is 2.48. The lowest BCUT2D eigenvalue weighted by Crippen LogP contribution is -2.48. The Hall–Kier alpha value is -2.02. The van der Waals surface area contributed by atoms with Gasteiger partial charge in [-0.2, -0.15) is 5.10 Å². The van der Waals surface area contributed by atoms with E-state index in [1.54, 1.807) is 30.3 Å². The second kappa shape index (κ2) is 3.74. The third-order valence-electron chi connectivity index (χ3n) is 3.21. The zero-order chi connectivity index (χ0) is 11.9. The first-order valence-corrected chi connectivity index (χ1v) is 6.57. The van der Waals surface area contributed by atoms with Crippen molar-refractivity contribution in [1.82, 2.24) is 24.7 Å². The molecule has 0 spiro atoms. The number of fused-ring (bicyclic) bond motifs is 1.